The Morgan fingerprint density at radius 3 is 1.08 bits per heavy atom. The third-order valence-electron chi connectivity index (χ3n) is 13.1. The van der Waals surface area contributed by atoms with Gasteiger partial charge in [-0.05, 0) is 164 Å². The molecule has 0 amide bonds. The fourth-order valence-electron chi connectivity index (χ4n) is 8.09. The van der Waals surface area contributed by atoms with E-state index < -0.39 is 41.5 Å². The smallest absolute Gasteiger partial charge is 0.870 e. The van der Waals surface area contributed by atoms with Crippen molar-refractivity contribution >= 4 is 224 Å². The second-order valence-electron chi connectivity index (χ2n) is 23.3. The van der Waals surface area contributed by atoms with Crippen molar-refractivity contribution in [3.63, 3.8) is 0 Å². The zero-order valence-electron chi connectivity index (χ0n) is 71.6. The predicted octanol–water partition coefficient (Wildman–Crippen LogP) is 12.3. The molecule has 0 aliphatic rings. The third kappa shape index (κ3) is 61.8. The molecule has 0 bridgehead atoms. The van der Waals surface area contributed by atoms with Gasteiger partial charge < -0.3 is 29.9 Å². The molecule has 0 fully saturated rings. The minimum atomic E-state index is -1.01. The topological polar surface area (TPSA) is 449 Å². The summed E-state index contributed by atoms with van der Waals surface area (Å²) in [6.07, 6.45) is 5.98. The van der Waals surface area contributed by atoms with Crippen LogP contribution in [0.5, 0.6) is 0 Å². The molecule has 4 heterocycles. The number of nitrogens with two attached hydrogens (primary N) is 1. The first-order valence-electron chi connectivity index (χ1n) is 34.8. The van der Waals surface area contributed by atoms with Gasteiger partial charge in [-0.1, -0.05) is 198 Å². The van der Waals surface area contributed by atoms with Gasteiger partial charge >= 0.3 is 123 Å². The first-order valence-corrected chi connectivity index (χ1v) is 39.4. The van der Waals surface area contributed by atoms with E-state index >= 15 is 0 Å². The number of hydrogen-bond acceptors (Lipinski definition) is 26. The van der Waals surface area contributed by atoms with Crippen LogP contribution in [0.4, 0.5) is 0 Å². The number of carbonyl (C=O) groups is 6. The van der Waals surface area contributed by atoms with Crippen LogP contribution in [-0.2, 0) is 113 Å². The van der Waals surface area contributed by atoms with Gasteiger partial charge in [0.05, 0.1) is 115 Å². The summed E-state index contributed by atoms with van der Waals surface area (Å²) in [6, 6.07) is 39.3. The number of aryl methyl sites for hydroxylation is 6. The molecule has 0 unspecified atom stereocenters. The molecule has 0 spiro atoms. The fourth-order valence-corrected chi connectivity index (χ4v) is 9.88. The molecule has 10 aromatic rings. The van der Waals surface area contributed by atoms with Crippen molar-refractivity contribution in [2.75, 3.05) is 33.5 Å². The Kier molecular flexibility index (Phi) is 87.7. The van der Waals surface area contributed by atoms with Crippen LogP contribution >= 0.6 is 164 Å². The minimum absolute atomic E-state index is 0. The molecule has 0 saturated heterocycles. The van der Waals surface area contributed by atoms with Crippen LogP contribution in [0.25, 0.3) is 45.0 Å². The number of ketones is 3. The predicted molar refractivity (Wildman–Crippen MR) is 482 cm³/mol. The maximum atomic E-state index is 11.7. The molecule has 46 heteroatoms. The monoisotopic (exact) mass is 2070 g/mol. The van der Waals surface area contributed by atoms with Crippen molar-refractivity contribution in [2.24, 2.45) is 34.0 Å². The van der Waals surface area contributed by atoms with Crippen molar-refractivity contribution in [1.82, 2.24) is 44.5 Å². The Balaban J connectivity index is -0.000000175. The number of ether oxygens (including phenoxy) is 3. The van der Waals surface area contributed by atoms with Gasteiger partial charge in [-0.3, -0.25) is 44.4 Å². The average Bonchev–Trinajstić information content (AvgIpc) is 1.70. The van der Waals surface area contributed by atoms with Gasteiger partial charge in [0.25, 0.3) is 0 Å². The molecule has 6 aromatic carbocycles. The Morgan fingerprint density at radius 1 is 0.457 bits per heavy atom. The van der Waals surface area contributed by atoms with E-state index in [0.29, 0.717) is 60.8 Å². The van der Waals surface area contributed by atoms with E-state index in [1.54, 1.807) is 114 Å². The maximum Gasteiger partial charge on any atom is 1.00 e. The van der Waals surface area contributed by atoms with Crippen LogP contribution in [0.1, 0.15) is 108 Å². The molecule has 0 aliphatic carbocycles. The van der Waals surface area contributed by atoms with Crippen molar-refractivity contribution in [2.45, 2.75) is 94.1 Å². The number of aliphatic hydroxyl groups excluding tert-OH is 1. The molecule has 684 valence electrons. The molecule has 127 heavy (non-hydrogen) atoms. The molecule has 4 aromatic heterocycles. The summed E-state index contributed by atoms with van der Waals surface area (Å²) in [4.78, 5) is 131. The number of Topliss-reactive ketones (excluding diaryl/α,β-unsaturated/α-hetero) is 3. The van der Waals surface area contributed by atoms with Crippen molar-refractivity contribution < 1.29 is 178 Å². The minimum Gasteiger partial charge on any atom is -0.870 e. The number of carbonyl (C=O) groups excluding carboxylic acids is 14. The van der Waals surface area contributed by atoms with Gasteiger partial charge in [0, 0.05) is 86.3 Å². The van der Waals surface area contributed by atoms with Crippen LogP contribution in [-0.4, -0.2) is 149 Å². The zero-order chi connectivity index (χ0) is 94.5. The van der Waals surface area contributed by atoms with Gasteiger partial charge in [-0.15, -0.1) is 30.4 Å². The summed E-state index contributed by atoms with van der Waals surface area (Å²) >= 11 is 70.0. The number of esters is 3. The van der Waals surface area contributed by atoms with E-state index in [1.807, 2.05) is 104 Å². The van der Waals surface area contributed by atoms with Crippen LogP contribution in [0.3, 0.4) is 0 Å². The molecule has 30 nitrogen and oxygen atoms in total. The van der Waals surface area contributed by atoms with Gasteiger partial charge in [0.15, 0.2) is 11.6 Å². The number of hydrazine groups is 1. The first-order chi connectivity index (χ1) is 57.3. The number of aliphatic hydroxyl groups is 1. The standard InChI is InChI=1S/2C12H12Cl2N2.C12H10Cl2O4.2C10H8Cl2N2.C8H6Cl2O.C6H10O4.C4H9O.C2H6O.CH6N2.4CO2.2ClH.K.Na.H2O/c1-3-9-7-12(15-16(9)2)8-4-5-10(13)11(14)6-8;1-3-9-7-12(16(2)15-9)8-4-5-10(13)11(14)6-8;1-2-18-12(17)11(16)6-10(15)7-3-4-8(13)9(14)5-7;1-14-5-4-10(13-14)7-2-3-8(11)9(12)6-7;1-14-10(4-5-13-14)7-2-3-8(11)9(12)6-7;1-5(11)6-2-3-7(9)8(10)4-6;1-3-9-5(7)6(8)10-4-2;1-4(2,3)5;1-2-3;1-3-2;4*2-1-3;;;;;/h2*4-7H,3H2,1-2H3;3-5H,2,6H2,1H3;2*2-6H,1H3;2-4H,1H3;3-4H2,1-2H3;1-3H3;2*3H,2H2,1H3;;;;;2*1H;;;1H2/q;;;;;;;-1;;;;;;;;;2*+1;/p-1. The molecule has 0 atom stereocenters. The van der Waals surface area contributed by atoms with Crippen molar-refractivity contribution in [3.8, 4) is 45.0 Å². The van der Waals surface area contributed by atoms with Gasteiger partial charge in [0.2, 0.25) is 5.78 Å². The number of hydrogen-bond donors (Lipinski definition) is 3. The van der Waals surface area contributed by atoms with Gasteiger partial charge in [0.1, 0.15) is 0 Å². The Hall–Kier alpha value is -6.40. The fraction of sp³-hybridized carbons (Fsp3) is 0.284. The normalized spacial score (nSPS) is 8.96. The molecule has 0 aliphatic heterocycles. The maximum absolute atomic E-state index is 11.7. The summed E-state index contributed by atoms with van der Waals surface area (Å²) in [6.45, 7) is 17.8. The molecule has 0 radical (unpaired) electrons. The quantitative estimate of drug-likeness (QED) is 0.0133. The van der Waals surface area contributed by atoms with E-state index in [1.165, 1.54) is 30.8 Å². The van der Waals surface area contributed by atoms with E-state index in [-0.39, 0.29) is 179 Å². The molecular weight excluding hydrogens is 1990 g/mol. The second-order valence-corrected chi connectivity index (χ2v) is 28.2. The van der Waals surface area contributed by atoms with Gasteiger partial charge in [-0.25, -0.2) is 14.4 Å². The summed E-state index contributed by atoms with van der Waals surface area (Å²) in [7, 11) is 9.29. The van der Waals surface area contributed by atoms with Crippen LogP contribution in [0.2, 0.25) is 60.3 Å². The molecule has 5 N–H and O–H groups in total. The second kappa shape index (κ2) is 80.5. The average molecular weight is 2080 g/mol. The Morgan fingerprint density at radius 2 is 0.780 bits per heavy atom. The molecule has 10 rings (SSSR count). The third-order valence-corrected chi connectivity index (χ3v) is 17.6. The first kappa shape index (κ1) is 139. The Bertz CT molecular complexity index is 4980. The number of nitrogens with zero attached hydrogens (tertiary/aromatic N) is 8. The number of halogens is 14. The number of aromatic nitrogens is 8. The van der Waals surface area contributed by atoms with Crippen LogP contribution in [0.15, 0.2) is 146 Å². The summed E-state index contributed by atoms with van der Waals surface area (Å²) in [5.74, 6) is 0.336. The van der Waals surface area contributed by atoms with Crippen molar-refractivity contribution in [3.05, 3.63) is 229 Å². The van der Waals surface area contributed by atoms with E-state index in [2.05, 4.69) is 71.9 Å². The summed E-state index contributed by atoms with van der Waals surface area (Å²) < 4.78 is 20.5. The van der Waals surface area contributed by atoms with E-state index in [9.17, 15) is 33.9 Å². The summed E-state index contributed by atoms with van der Waals surface area (Å²) in [5.41, 5.74) is 12.5. The zero-order valence-corrected chi connectivity index (χ0v) is 87.4. The number of nitrogens with one attached hydrogen (secondary N) is 1. The van der Waals surface area contributed by atoms with E-state index in [4.69, 9.17) is 183 Å². The molecular formula is C81H90Cl14KN10NaO20. The Labute approximate surface area is 871 Å². The SMILES string of the molecule is CC(=O)c1ccc(Cl)c(Cl)c1.CC(C)(C)[O-].CCO.CCOC(=O)C(=O)CC(=O)c1ccc(Cl)c(Cl)c1.CCOC(=O)C(=O)OCC.CCc1cc(-c2ccc(Cl)c(Cl)c2)n(C)n1.CCc1cc(-c2ccc(Cl)c(Cl)c2)nn1C.CNN.Cl.Cl.Cn1ccc(-c2ccc(Cl)c(Cl)c2)n1.Cn1nccc1-c1ccc(Cl)c(Cl)c1.O=C=O.O=C=O.O=C=O.O=C=O.[K+].[Na+].[OH-]. The number of rotatable bonds is 14. The molecule has 0 saturated carbocycles. The number of benzene rings is 6. The van der Waals surface area contributed by atoms with Crippen LogP contribution < -0.4 is 97.3 Å². The van der Waals surface area contributed by atoms with Crippen molar-refractivity contribution in [1.29, 1.82) is 0 Å². The van der Waals surface area contributed by atoms with E-state index in [0.717, 1.165) is 63.6 Å². The summed E-state index contributed by atoms with van der Waals surface area (Å²) in [5, 5.41) is 40.8. The van der Waals surface area contributed by atoms with Crippen LogP contribution in [0, 0.1) is 0 Å². The largest absolute Gasteiger partial charge is 1.00 e. The van der Waals surface area contributed by atoms with Gasteiger partial charge in [-0.2, -0.15) is 58.8 Å².